The molecule has 114 valence electrons. The average Bonchev–Trinajstić information content (AvgIpc) is 2.79. The number of alkyl halides is 1. The van der Waals surface area contributed by atoms with E-state index in [0.717, 1.165) is 23.7 Å². The fourth-order valence-corrected chi connectivity index (χ4v) is 3.42. The first-order valence-electron chi connectivity index (χ1n) is 7.45. The molecule has 3 rings (SSSR count). The molecule has 2 aromatic carbocycles. The molecule has 1 amide bonds. The summed E-state index contributed by atoms with van der Waals surface area (Å²) in [6.45, 7) is 0.532. The van der Waals surface area contributed by atoms with E-state index in [0.29, 0.717) is 17.7 Å². The van der Waals surface area contributed by atoms with Gasteiger partial charge in [-0.25, -0.2) is 0 Å². The summed E-state index contributed by atoms with van der Waals surface area (Å²) in [4.78, 5) is 14.3. The first-order chi connectivity index (χ1) is 10.7. The molecule has 1 aliphatic rings. The summed E-state index contributed by atoms with van der Waals surface area (Å²) in [5.41, 5.74) is 0.617. The molecule has 1 aliphatic heterocycles. The van der Waals surface area contributed by atoms with Crippen LogP contribution in [0.2, 0.25) is 0 Å². The molecule has 1 unspecified atom stereocenters. The van der Waals surface area contributed by atoms with Crippen molar-refractivity contribution in [3.05, 3.63) is 71.3 Å². The lowest BCUT2D eigenvalue weighted by Crippen LogP contribution is -2.45. The minimum atomic E-state index is -1.37. The number of amides is 1. The van der Waals surface area contributed by atoms with Gasteiger partial charge in [0.05, 0.1) is 0 Å². The minimum Gasteiger partial charge on any atom is -0.363 e. The predicted molar refractivity (Wildman–Crippen MR) is 89.9 cm³/mol. The standard InChI is InChI=1S/C18H18BrNO2/c19-12-6-7-13-20-17(21)15-10-4-5-11-16(15)18(20,22)14-8-2-1-3-9-14/h1-5,8-11,22H,6-7,12-13H2. The van der Waals surface area contributed by atoms with E-state index in [1.54, 1.807) is 11.0 Å². The van der Waals surface area contributed by atoms with Crippen molar-refractivity contribution in [2.45, 2.75) is 18.6 Å². The van der Waals surface area contributed by atoms with E-state index < -0.39 is 5.72 Å². The molecule has 0 spiro atoms. The van der Waals surface area contributed by atoms with Gasteiger partial charge in [0.25, 0.3) is 5.91 Å². The topological polar surface area (TPSA) is 40.5 Å². The molecule has 0 aromatic heterocycles. The van der Waals surface area contributed by atoms with Gasteiger partial charge in [-0.05, 0) is 18.9 Å². The number of hydrogen-bond donors (Lipinski definition) is 1. The number of aliphatic hydroxyl groups is 1. The van der Waals surface area contributed by atoms with E-state index in [1.807, 2.05) is 48.5 Å². The molecule has 22 heavy (non-hydrogen) atoms. The highest BCUT2D eigenvalue weighted by Crippen LogP contribution is 2.42. The molecular weight excluding hydrogens is 342 g/mol. The highest BCUT2D eigenvalue weighted by molar-refractivity contribution is 9.09. The molecule has 0 fully saturated rings. The number of fused-ring (bicyclic) bond motifs is 1. The second kappa shape index (κ2) is 6.23. The fourth-order valence-electron chi connectivity index (χ4n) is 3.02. The van der Waals surface area contributed by atoms with Crippen molar-refractivity contribution in [3.63, 3.8) is 0 Å². The summed E-state index contributed by atoms with van der Waals surface area (Å²) in [6, 6.07) is 16.7. The van der Waals surface area contributed by atoms with E-state index in [1.165, 1.54) is 0 Å². The van der Waals surface area contributed by atoms with Gasteiger partial charge in [-0.2, -0.15) is 0 Å². The van der Waals surface area contributed by atoms with Crippen molar-refractivity contribution in [2.24, 2.45) is 0 Å². The third kappa shape index (κ3) is 2.36. The summed E-state index contributed by atoms with van der Waals surface area (Å²) in [6.07, 6.45) is 1.81. The van der Waals surface area contributed by atoms with E-state index in [-0.39, 0.29) is 5.91 Å². The quantitative estimate of drug-likeness (QED) is 0.655. The van der Waals surface area contributed by atoms with Gasteiger partial charge < -0.3 is 10.0 Å². The summed E-state index contributed by atoms with van der Waals surface area (Å²) < 4.78 is 0. The molecule has 4 heteroatoms. The Labute approximate surface area is 138 Å². The highest BCUT2D eigenvalue weighted by Gasteiger charge is 2.49. The Kier molecular flexibility index (Phi) is 4.32. The second-order valence-electron chi connectivity index (χ2n) is 5.44. The smallest absolute Gasteiger partial charge is 0.257 e. The zero-order chi connectivity index (χ0) is 15.6. The van der Waals surface area contributed by atoms with Crippen LogP contribution >= 0.6 is 15.9 Å². The zero-order valence-corrected chi connectivity index (χ0v) is 13.8. The van der Waals surface area contributed by atoms with Crippen LogP contribution in [0.25, 0.3) is 0 Å². The summed E-state index contributed by atoms with van der Waals surface area (Å²) in [5.74, 6) is -0.100. The maximum atomic E-state index is 12.7. The second-order valence-corrected chi connectivity index (χ2v) is 6.23. The van der Waals surface area contributed by atoms with Gasteiger partial charge in [-0.3, -0.25) is 4.79 Å². The predicted octanol–water partition coefficient (Wildman–Crippen LogP) is 3.51. The number of nitrogens with zero attached hydrogens (tertiary/aromatic N) is 1. The van der Waals surface area contributed by atoms with Crippen molar-refractivity contribution in [1.82, 2.24) is 4.90 Å². The highest BCUT2D eigenvalue weighted by atomic mass is 79.9. The summed E-state index contributed by atoms with van der Waals surface area (Å²) in [7, 11) is 0. The molecule has 1 heterocycles. The van der Waals surface area contributed by atoms with Gasteiger partial charge in [0.15, 0.2) is 5.72 Å². The molecule has 0 aliphatic carbocycles. The van der Waals surface area contributed by atoms with Crippen LogP contribution in [0.3, 0.4) is 0 Å². The number of carbonyl (C=O) groups excluding carboxylic acids is 1. The van der Waals surface area contributed by atoms with Crippen LogP contribution in [0, 0.1) is 0 Å². The lowest BCUT2D eigenvalue weighted by Gasteiger charge is -2.35. The van der Waals surface area contributed by atoms with Gasteiger partial charge >= 0.3 is 0 Å². The van der Waals surface area contributed by atoms with E-state index >= 15 is 0 Å². The van der Waals surface area contributed by atoms with Crippen LogP contribution < -0.4 is 0 Å². The van der Waals surface area contributed by atoms with Gasteiger partial charge in [0, 0.05) is 28.6 Å². The number of hydrogen-bond acceptors (Lipinski definition) is 2. The molecule has 0 saturated heterocycles. The monoisotopic (exact) mass is 359 g/mol. The van der Waals surface area contributed by atoms with Crippen LogP contribution in [-0.4, -0.2) is 27.8 Å². The lowest BCUT2D eigenvalue weighted by molar-refractivity contribution is -0.0503. The summed E-state index contributed by atoms with van der Waals surface area (Å²) >= 11 is 3.41. The van der Waals surface area contributed by atoms with E-state index in [2.05, 4.69) is 15.9 Å². The molecular formula is C18H18BrNO2. The van der Waals surface area contributed by atoms with Crippen molar-refractivity contribution in [2.75, 3.05) is 11.9 Å². The number of unbranched alkanes of at least 4 members (excludes halogenated alkanes) is 1. The average molecular weight is 360 g/mol. The molecule has 1 N–H and O–H groups in total. The third-order valence-electron chi connectivity index (χ3n) is 4.11. The normalized spacial score (nSPS) is 20.3. The molecule has 0 bridgehead atoms. The Morgan fingerprint density at radius 1 is 1.00 bits per heavy atom. The largest absolute Gasteiger partial charge is 0.363 e. The maximum Gasteiger partial charge on any atom is 0.257 e. The Balaban J connectivity index is 2.07. The van der Waals surface area contributed by atoms with Gasteiger partial charge in [-0.15, -0.1) is 0 Å². The Hall–Kier alpha value is -1.65. The van der Waals surface area contributed by atoms with E-state index in [9.17, 15) is 9.90 Å². The minimum absolute atomic E-state index is 0.100. The van der Waals surface area contributed by atoms with Crippen LogP contribution in [0.5, 0.6) is 0 Å². The number of benzene rings is 2. The molecule has 0 radical (unpaired) electrons. The van der Waals surface area contributed by atoms with Crippen molar-refractivity contribution in [3.8, 4) is 0 Å². The van der Waals surface area contributed by atoms with Crippen LogP contribution in [0.15, 0.2) is 54.6 Å². The lowest BCUT2D eigenvalue weighted by atomic mass is 9.94. The first-order valence-corrected chi connectivity index (χ1v) is 8.57. The zero-order valence-electron chi connectivity index (χ0n) is 12.2. The van der Waals surface area contributed by atoms with Gasteiger partial charge in [0.2, 0.25) is 0 Å². The Morgan fingerprint density at radius 3 is 2.41 bits per heavy atom. The molecule has 0 saturated carbocycles. The van der Waals surface area contributed by atoms with Crippen molar-refractivity contribution in [1.29, 1.82) is 0 Å². The first kappa shape index (κ1) is 15.3. The molecule has 1 atom stereocenters. The number of carbonyl (C=O) groups is 1. The maximum absolute atomic E-state index is 12.7. The number of halogens is 1. The van der Waals surface area contributed by atoms with Crippen molar-refractivity contribution >= 4 is 21.8 Å². The molecule has 3 nitrogen and oxygen atoms in total. The number of rotatable bonds is 5. The van der Waals surface area contributed by atoms with Gasteiger partial charge in [0.1, 0.15) is 0 Å². The van der Waals surface area contributed by atoms with Gasteiger partial charge in [-0.1, -0.05) is 64.5 Å². The summed E-state index contributed by atoms with van der Waals surface area (Å²) in [5, 5.41) is 12.3. The Bertz CT molecular complexity index is 674. The van der Waals surface area contributed by atoms with Crippen LogP contribution in [0.4, 0.5) is 0 Å². The van der Waals surface area contributed by atoms with Crippen LogP contribution in [-0.2, 0) is 5.72 Å². The van der Waals surface area contributed by atoms with E-state index in [4.69, 9.17) is 0 Å². The SMILES string of the molecule is O=C1c2ccccc2C(O)(c2ccccc2)N1CCCCBr. The molecule has 2 aromatic rings. The fraction of sp³-hybridized carbons (Fsp3) is 0.278. The Morgan fingerprint density at radius 2 is 1.68 bits per heavy atom. The van der Waals surface area contributed by atoms with Crippen LogP contribution in [0.1, 0.15) is 34.3 Å². The van der Waals surface area contributed by atoms with Crippen molar-refractivity contribution < 1.29 is 9.90 Å². The third-order valence-corrected chi connectivity index (χ3v) is 4.67.